The van der Waals surface area contributed by atoms with Gasteiger partial charge in [-0.1, -0.05) is 44.2 Å². The summed E-state index contributed by atoms with van der Waals surface area (Å²) in [6, 6.07) is 10.3. The molecule has 0 spiro atoms. The predicted octanol–water partition coefficient (Wildman–Crippen LogP) is 2.89. The lowest BCUT2D eigenvalue weighted by Crippen LogP contribution is -2.46. The zero-order valence-electron chi connectivity index (χ0n) is 13.1. The second-order valence-corrected chi connectivity index (χ2v) is 6.53. The normalized spacial score (nSPS) is 13.3. The van der Waals surface area contributed by atoms with Gasteiger partial charge in [0.1, 0.15) is 0 Å². The number of aryl methyl sites for hydroxylation is 1. The Kier molecular flexibility index (Phi) is 6.21. The minimum atomic E-state index is -0.205. The highest BCUT2D eigenvalue weighted by Crippen LogP contribution is 2.14. The second kappa shape index (κ2) is 7.44. The Morgan fingerprint density at radius 1 is 1.25 bits per heavy atom. The first-order valence-corrected chi connectivity index (χ1v) is 7.41. The maximum absolute atomic E-state index is 12.0. The van der Waals surface area contributed by atoms with Gasteiger partial charge in [0.25, 0.3) is 0 Å². The van der Waals surface area contributed by atoms with Crippen LogP contribution in [0.1, 0.15) is 46.1 Å². The molecule has 0 bridgehead atoms. The van der Waals surface area contributed by atoms with E-state index in [0.29, 0.717) is 12.3 Å². The van der Waals surface area contributed by atoms with Crippen LogP contribution in [0, 0.1) is 5.92 Å². The Bertz CT molecular complexity index is 412. The van der Waals surface area contributed by atoms with E-state index in [2.05, 4.69) is 31.3 Å². The Hall–Kier alpha value is -1.35. The van der Waals surface area contributed by atoms with Gasteiger partial charge in [-0.15, -0.1) is 0 Å². The van der Waals surface area contributed by atoms with Crippen molar-refractivity contribution < 1.29 is 4.79 Å². The lowest BCUT2D eigenvalue weighted by Gasteiger charge is -2.27. The SMILES string of the molecule is CC(C)C(N)CC(=O)NC(C)(C)CCc1ccccc1. The monoisotopic (exact) mass is 276 g/mol. The molecular weight excluding hydrogens is 248 g/mol. The van der Waals surface area contributed by atoms with E-state index in [-0.39, 0.29) is 17.5 Å². The van der Waals surface area contributed by atoms with Crippen LogP contribution in [0.5, 0.6) is 0 Å². The van der Waals surface area contributed by atoms with Gasteiger partial charge in [-0.05, 0) is 38.2 Å². The lowest BCUT2D eigenvalue weighted by molar-refractivity contribution is -0.123. The standard InChI is InChI=1S/C17H28N2O/c1-13(2)15(18)12-16(20)19-17(3,4)11-10-14-8-6-5-7-9-14/h5-9,13,15H,10-12,18H2,1-4H3,(H,19,20). The lowest BCUT2D eigenvalue weighted by atomic mass is 9.94. The fraction of sp³-hybridized carbons (Fsp3) is 0.588. The van der Waals surface area contributed by atoms with Crippen molar-refractivity contribution in [2.75, 3.05) is 0 Å². The van der Waals surface area contributed by atoms with Crippen molar-refractivity contribution in [3.63, 3.8) is 0 Å². The molecule has 0 aliphatic rings. The van der Waals surface area contributed by atoms with Crippen LogP contribution in [0.15, 0.2) is 30.3 Å². The van der Waals surface area contributed by atoms with Crippen LogP contribution in [-0.2, 0) is 11.2 Å². The van der Waals surface area contributed by atoms with E-state index in [1.54, 1.807) is 0 Å². The smallest absolute Gasteiger partial charge is 0.221 e. The van der Waals surface area contributed by atoms with Crippen LogP contribution >= 0.6 is 0 Å². The van der Waals surface area contributed by atoms with Gasteiger partial charge >= 0.3 is 0 Å². The van der Waals surface area contributed by atoms with E-state index in [4.69, 9.17) is 5.73 Å². The van der Waals surface area contributed by atoms with Crippen LogP contribution < -0.4 is 11.1 Å². The predicted molar refractivity (Wildman–Crippen MR) is 84.4 cm³/mol. The average molecular weight is 276 g/mol. The summed E-state index contributed by atoms with van der Waals surface area (Å²) in [4.78, 5) is 12.0. The van der Waals surface area contributed by atoms with Gasteiger partial charge in [-0.3, -0.25) is 4.79 Å². The summed E-state index contributed by atoms with van der Waals surface area (Å²) >= 11 is 0. The minimum absolute atomic E-state index is 0.0456. The summed E-state index contributed by atoms with van der Waals surface area (Å²) in [6.45, 7) is 8.21. The minimum Gasteiger partial charge on any atom is -0.351 e. The quantitative estimate of drug-likeness (QED) is 0.804. The number of rotatable bonds is 7. The molecule has 1 aromatic rings. The highest BCUT2D eigenvalue weighted by atomic mass is 16.1. The summed E-state index contributed by atoms with van der Waals surface area (Å²) < 4.78 is 0. The molecule has 3 nitrogen and oxygen atoms in total. The fourth-order valence-corrected chi connectivity index (χ4v) is 2.04. The number of hydrogen-bond acceptors (Lipinski definition) is 2. The van der Waals surface area contributed by atoms with Crippen molar-refractivity contribution in [3.8, 4) is 0 Å². The average Bonchev–Trinajstić information content (AvgIpc) is 2.37. The number of carbonyl (C=O) groups excluding carboxylic acids is 1. The summed E-state index contributed by atoms with van der Waals surface area (Å²) in [5.41, 5.74) is 7.04. The van der Waals surface area contributed by atoms with E-state index in [9.17, 15) is 4.79 Å². The number of hydrogen-bond donors (Lipinski definition) is 2. The van der Waals surface area contributed by atoms with Crippen molar-refractivity contribution in [1.29, 1.82) is 0 Å². The van der Waals surface area contributed by atoms with E-state index in [1.807, 2.05) is 32.0 Å². The summed E-state index contributed by atoms with van der Waals surface area (Å²) in [6.07, 6.45) is 2.27. The Morgan fingerprint density at radius 2 is 1.85 bits per heavy atom. The third-order valence-corrected chi connectivity index (χ3v) is 3.64. The molecule has 0 heterocycles. The number of benzene rings is 1. The van der Waals surface area contributed by atoms with Crippen molar-refractivity contribution in [1.82, 2.24) is 5.32 Å². The molecule has 0 aliphatic heterocycles. The molecule has 0 radical (unpaired) electrons. The summed E-state index contributed by atoms with van der Waals surface area (Å²) in [5, 5.41) is 3.09. The number of amides is 1. The molecule has 1 amide bonds. The zero-order chi connectivity index (χ0) is 15.2. The maximum atomic E-state index is 12.0. The van der Waals surface area contributed by atoms with Gasteiger partial charge in [0.05, 0.1) is 0 Å². The van der Waals surface area contributed by atoms with E-state index < -0.39 is 0 Å². The highest BCUT2D eigenvalue weighted by molar-refractivity contribution is 5.77. The van der Waals surface area contributed by atoms with Crippen molar-refractivity contribution in [2.24, 2.45) is 11.7 Å². The first-order valence-electron chi connectivity index (χ1n) is 7.41. The van der Waals surface area contributed by atoms with Crippen LogP contribution in [0.2, 0.25) is 0 Å². The Balaban J connectivity index is 2.42. The number of carbonyl (C=O) groups is 1. The van der Waals surface area contributed by atoms with Crippen LogP contribution in [-0.4, -0.2) is 17.5 Å². The van der Waals surface area contributed by atoms with Crippen molar-refractivity contribution in [3.05, 3.63) is 35.9 Å². The second-order valence-electron chi connectivity index (χ2n) is 6.53. The molecular formula is C17H28N2O. The summed E-state index contributed by atoms with van der Waals surface area (Å²) in [7, 11) is 0. The molecule has 0 saturated carbocycles. The van der Waals surface area contributed by atoms with E-state index in [0.717, 1.165) is 12.8 Å². The molecule has 1 aromatic carbocycles. The van der Waals surface area contributed by atoms with Gasteiger partial charge < -0.3 is 11.1 Å². The molecule has 20 heavy (non-hydrogen) atoms. The maximum Gasteiger partial charge on any atom is 0.221 e. The van der Waals surface area contributed by atoms with Gasteiger partial charge in [0.15, 0.2) is 0 Å². The van der Waals surface area contributed by atoms with Gasteiger partial charge in [0, 0.05) is 18.0 Å². The fourth-order valence-electron chi connectivity index (χ4n) is 2.04. The van der Waals surface area contributed by atoms with Gasteiger partial charge in [-0.2, -0.15) is 0 Å². The largest absolute Gasteiger partial charge is 0.351 e. The van der Waals surface area contributed by atoms with Crippen LogP contribution in [0.4, 0.5) is 0 Å². The molecule has 3 heteroatoms. The van der Waals surface area contributed by atoms with E-state index >= 15 is 0 Å². The third-order valence-electron chi connectivity index (χ3n) is 3.64. The third kappa shape index (κ3) is 6.20. The topological polar surface area (TPSA) is 55.1 Å². The molecule has 3 N–H and O–H groups in total. The molecule has 1 rings (SSSR count). The molecule has 112 valence electrons. The molecule has 0 aliphatic carbocycles. The number of nitrogens with one attached hydrogen (secondary N) is 1. The molecule has 1 atom stereocenters. The van der Waals surface area contributed by atoms with Crippen molar-refractivity contribution in [2.45, 2.75) is 58.5 Å². The van der Waals surface area contributed by atoms with Gasteiger partial charge in [-0.25, -0.2) is 0 Å². The summed E-state index contributed by atoms with van der Waals surface area (Å²) in [5.74, 6) is 0.373. The van der Waals surface area contributed by atoms with Crippen LogP contribution in [0.25, 0.3) is 0 Å². The van der Waals surface area contributed by atoms with Crippen molar-refractivity contribution >= 4 is 5.91 Å². The molecule has 0 fully saturated rings. The van der Waals surface area contributed by atoms with Gasteiger partial charge in [0.2, 0.25) is 5.91 Å². The Morgan fingerprint density at radius 3 is 2.40 bits per heavy atom. The van der Waals surface area contributed by atoms with Crippen LogP contribution in [0.3, 0.4) is 0 Å². The first-order chi connectivity index (χ1) is 9.30. The zero-order valence-corrected chi connectivity index (χ0v) is 13.1. The number of nitrogens with two attached hydrogens (primary N) is 1. The van der Waals surface area contributed by atoms with E-state index in [1.165, 1.54) is 5.56 Å². The molecule has 1 unspecified atom stereocenters. The molecule has 0 aromatic heterocycles. The Labute approximate surface area is 122 Å². The molecule has 0 saturated heterocycles. The highest BCUT2D eigenvalue weighted by Gasteiger charge is 2.22. The first kappa shape index (κ1) is 16.7.